The second kappa shape index (κ2) is 4.78. The van der Waals surface area contributed by atoms with Crippen molar-refractivity contribution in [1.29, 1.82) is 0 Å². The number of Topliss-reactive ketones (excluding diaryl/α,β-unsaturated/α-hetero) is 1. The van der Waals surface area contributed by atoms with Crippen LogP contribution in [0.25, 0.3) is 0 Å². The van der Waals surface area contributed by atoms with Gasteiger partial charge in [-0.25, -0.2) is 4.79 Å². The number of carbonyl (C=O) groups excluding carboxylic acids is 1. The lowest BCUT2D eigenvalue weighted by Crippen LogP contribution is -2.69. The van der Waals surface area contributed by atoms with Gasteiger partial charge in [0, 0.05) is 20.3 Å². The number of hydrogen-bond acceptors (Lipinski definition) is 2. The highest BCUT2D eigenvalue weighted by atomic mass is 16.4. The molecule has 0 amide bonds. The number of quaternary nitrogens is 1. The van der Waals surface area contributed by atoms with Crippen LogP contribution in [0, 0.1) is 0 Å². The van der Waals surface area contributed by atoms with Crippen molar-refractivity contribution < 1.29 is 19.2 Å². The summed E-state index contributed by atoms with van der Waals surface area (Å²) in [6.45, 7) is 8.38. The fourth-order valence-corrected chi connectivity index (χ4v) is 1.75. The van der Waals surface area contributed by atoms with E-state index in [2.05, 4.69) is 6.58 Å². The topological polar surface area (TPSA) is 54.4 Å². The number of aliphatic carboxylic acids is 1. The largest absolute Gasteiger partial charge is 0.476 e. The molecule has 0 bridgehead atoms. The number of carbonyl (C=O) groups is 2. The molecule has 0 aliphatic rings. The summed E-state index contributed by atoms with van der Waals surface area (Å²) in [6, 6.07) is 0.0162. The smallest absolute Gasteiger partial charge is 0.373 e. The fourth-order valence-electron chi connectivity index (χ4n) is 1.75. The van der Waals surface area contributed by atoms with Gasteiger partial charge in [0.15, 0.2) is 0 Å². The van der Waals surface area contributed by atoms with Crippen LogP contribution in [0.15, 0.2) is 12.7 Å². The van der Waals surface area contributed by atoms with Crippen LogP contribution in [-0.4, -0.2) is 47.0 Å². The van der Waals surface area contributed by atoms with Crippen molar-refractivity contribution in [2.24, 2.45) is 0 Å². The first kappa shape index (κ1) is 14.8. The summed E-state index contributed by atoms with van der Waals surface area (Å²) in [5.74, 6) is -1.41. The van der Waals surface area contributed by atoms with Gasteiger partial charge in [0.25, 0.3) is 5.54 Å². The fraction of sp³-hybridized carbons (Fsp3) is 0.667. The molecule has 16 heavy (non-hydrogen) atoms. The molecule has 0 rings (SSSR count). The summed E-state index contributed by atoms with van der Waals surface area (Å²) >= 11 is 0. The molecule has 0 aliphatic carbocycles. The Morgan fingerprint density at radius 3 is 2.19 bits per heavy atom. The second-order valence-electron chi connectivity index (χ2n) is 4.85. The van der Waals surface area contributed by atoms with E-state index in [1.54, 1.807) is 20.2 Å². The molecular formula is C12H22NO3+. The van der Waals surface area contributed by atoms with E-state index in [4.69, 9.17) is 0 Å². The Hall–Kier alpha value is -1.16. The first-order chi connectivity index (χ1) is 7.12. The highest BCUT2D eigenvalue weighted by molar-refractivity contribution is 6.04. The quantitative estimate of drug-likeness (QED) is 0.425. The van der Waals surface area contributed by atoms with Gasteiger partial charge >= 0.3 is 5.97 Å². The van der Waals surface area contributed by atoms with E-state index in [1.165, 1.54) is 13.8 Å². The van der Waals surface area contributed by atoms with E-state index in [-0.39, 0.29) is 16.3 Å². The number of ketones is 1. The average molecular weight is 228 g/mol. The lowest BCUT2D eigenvalue weighted by molar-refractivity contribution is -0.941. The van der Waals surface area contributed by atoms with Gasteiger partial charge in [-0.05, 0) is 6.92 Å². The van der Waals surface area contributed by atoms with Crippen molar-refractivity contribution in [2.75, 3.05) is 14.1 Å². The molecule has 0 radical (unpaired) electrons. The van der Waals surface area contributed by atoms with E-state index < -0.39 is 11.5 Å². The number of nitrogens with zero attached hydrogens (tertiary/aromatic N) is 1. The van der Waals surface area contributed by atoms with E-state index in [9.17, 15) is 14.7 Å². The molecular weight excluding hydrogens is 206 g/mol. The van der Waals surface area contributed by atoms with Gasteiger partial charge < -0.3 is 9.59 Å². The highest BCUT2D eigenvalue weighted by Gasteiger charge is 2.54. The molecule has 0 aromatic carbocycles. The number of rotatable bonds is 6. The zero-order valence-electron chi connectivity index (χ0n) is 10.8. The molecule has 0 aliphatic heterocycles. The minimum Gasteiger partial charge on any atom is -0.476 e. The molecule has 1 N–H and O–H groups in total. The molecule has 0 saturated carbocycles. The van der Waals surface area contributed by atoms with Gasteiger partial charge in [-0.3, -0.25) is 4.79 Å². The van der Waals surface area contributed by atoms with Gasteiger partial charge in [-0.1, -0.05) is 6.08 Å². The lowest BCUT2D eigenvalue weighted by atomic mass is 9.90. The Balaban J connectivity index is 5.44. The first-order valence-corrected chi connectivity index (χ1v) is 5.31. The minimum atomic E-state index is -1.41. The minimum absolute atomic E-state index is 0.0162. The summed E-state index contributed by atoms with van der Waals surface area (Å²) in [7, 11) is 3.54. The standard InChI is InChI=1S/C12H21NO3/c1-7-8-9(2)13(5,6)12(4,10(3)14)11(15)16/h7,9H,1,8H2,2-6H3/p+1. The van der Waals surface area contributed by atoms with Crippen molar-refractivity contribution in [3.05, 3.63) is 12.7 Å². The molecule has 0 saturated heterocycles. The molecule has 4 heteroatoms. The van der Waals surface area contributed by atoms with Crippen LogP contribution >= 0.6 is 0 Å². The number of carboxylic acid groups (broad SMARTS) is 1. The SMILES string of the molecule is C=CCC(C)[N+](C)(C)C(C)(C(C)=O)C(=O)O. The summed E-state index contributed by atoms with van der Waals surface area (Å²) in [6.07, 6.45) is 2.41. The van der Waals surface area contributed by atoms with E-state index >= 15 is 0 Å². The van der Waals surface area contributed by atoms with Gasteiger partial charge in [-0.15, -0.1) is 6.58 Å². The number of carboxylic acids is 1. The van der Waals surface area contributed by atoms with Gasteiger partial charge in [-0.2, -0.15) is 0 Å². The van der Waals surface area contributed by atoms with Crippen molar-refractivity contribution in [3.63, 3.8) is 0 Å². The predicted octanol–water partition coefficient (Wildman–Crippen LogP) is 1.46. The third-order valence-corrected chi connectivity index (χ3v) is 3.86. The number of hydrogen-bond donors (Lipinski definition) is 1. The Morgan fingerprint density at radius 2 is 1.94 bits per heavy atom. The van der Waals surface area contributed by atoms with Crippen LogP contribution in [0.5, 0.6) is 0 Å². The van der Waals surface area contributed by atoms with Crippen LogP contribution < -0.4 is 0 Å². The van der Waals surface area contributed by atoms with Gasteiger partial charge in [0.2, 0.25) is 5.78 Å². The lowest BCUT2D eigenvalue weighted by Gasteiger charge is -2.46. The predicted molar refractivity (Wildman–Crippen MR) is 63.1 cm³/mol. The summed E-state index contributed by atoms with van der Waals surface area (Å²) in [5.41, 5.74) is -1.41. The van der Waals surface area contributed by atoms with Crippen molar-refractivity contribution in [3.8, 4) is 0 Å². The van der Waals surface area contributed by atoms with Crippen LogP contribution in [-0.2, 0) is 9.59 Å². The van der Waals surface area contributed by atoms with Gasteiger partial charge in [0.1, 0.15) is 0 Å². The third kappa shape index (κ3) is 2.16. The molecule has 0 spiro atoms. The maximum atomic E-state index is 11.6. The molecule has 0 aromatic rings. The normalized spacial score (nSPS) is 17.3. The zero-order chi connectivity index (χ0) is 13.1. The molecule has 0 aromatic heterocycles. The van der Waals surface area contributed by atoms with Crippen molar-refractivity contribution >= 4 is 11.8 Å². The Bertz CT molecular complexity index is 293. The summed E-state index contributed by atoms with van der Waals surface area (Å²) < 4.78 is 0.115. The first-order valence-electron chi connectivity index (χ1n) is 5.31. The monoisotopic (exact) mass is 228 g/mol. The Kier molecular flexibility index (Phi) is 4.44. The van der Waals surface area contributed by atoms with Crippen LogP contribution in [0.4, 0.5) is 0 Å². The summed E-state index contributed by atoms with van der Waals surface area (Å²) in [5, 5.41) is 9.29. The van der Waals surface area contributed by atoms with Crippen LogP contribution in [0.1, 0.15) is 27.2 Å². The van der Waals surface area contributed by atoms with Crippen LogP contribution in [0.3, 0.4) is 0 Å². The van der Waals surface area contributed by atoms with Crippen molar-refractivity contribution in [2.45, 2.75) is 38.8 Å². The average Bonchev–Trinajstić information content (AvgIpc) is 2.15. The maximum Gasteiger partial charge on any atom is 0.373 e. The zero-order valence-corrected chi connectivity index (χ0v) is 10.8. The van der Waals surface area contributed by atoms with E-state index in [1.807, 2.05) is 6.92 Å². The van der Waals surface area contributed by atoms with E-state index in [0.29, 0.717) is 6.42 Å². The maximum absolute atomic E-state index is 11.6. The van der Waals surface area contributed by atoms with Gasteiger partial charge in [0.05, 0.1) is 20.1 Å². The second-order valence-corrected chi connectivity index (χ2v) is 4.85. The molecule has 0 heterocycles. The molecule has 4 nitrogen and oxygen atoms in total. The molecule has 0 fully saturated rings. The highest BCUT2D eigenvalue weighted by Crippen LogP contribution is 2.27. The Morgan fingerprint density at radius 1 is 1.50 bits per heavy atom. The van der Waals surface area contributed by atoms with E-state index in [0.717, 1.165) is 0 Å². The molecule has 2 unspecified atom stereocenters. The number of likely N-dealkylation sites (N-methyl/N-ethyl adjacent to an activating group) is 1. The molecule has 2 atom stereocenters. The summed E-state index contributed by atoms with van der Waals surface area (Å²) in [4.78, 5) is 23.0. The third-order valence-electron chi connectivity index (χ3n) is 3.86. The Labute approximate surface area is 97.2 Å². The van der Waals surface area contributed by atoms with Crippen molar-refractivity contribution in [1.82, 2.24) is 0 Å². The molecule has 92 valence electrons. The van der Waals surface area contributed by atoms with Crippen LogP contribution in [0.2, 0.25) is 0 Å².